The van der Waals surface area contributed by atoms with E-state index in [2.05, 4.69) is 34.1 Å². The lowest BCUT2D eigenvalue weighted by molar-refractivity contribution is 0.330. The molecule has 0 atom stereocenters. The maximum absolute atomic E-state index is 10.8. The maximum atomic E-state index is 10.8. The van der Waals surface area contributed by atoms with Crippen LogP contribution in [-0.2, 0) is 0 Å². The summed E-state index contributed by atoms with van der Waals surface area (Å²) < 4.78 is 0.983. The van der Waals surface area contributed by atoms with Gasteiger partial charge in [-0.25, -0.2) is 0 Å². The molecule has 0 saturated heterocycles. The van der Waals surface area contributed by atoms with Crippen molar-refractivity contribution < 1.29 is 25.5 Å². The van der Waals surface area contributed by atoms with E-state index in [4.69, 9.17) is 0 Å². The van der Waals surface area contributed by atoms with Crippen LogP contribution in [-0.4, -0.2) is 25.5 Å². The molecule has 0 spiro atoms. The minimum Gasteiger partial charge on any atom is -0.504 e. The van der Waals surface area contributed by atoms with E-state index in [0.29, 0.717) is 16.3 Å². The first-order valence-corrected chi connectivity index (χ1v) is 12.0. The second-order valence-electron chi connectivity index (χ2n) is 8.60. The molecule has 0 aromatic heterocycles. The van der Waals surface area contributed by atoms with Crippen molar-refractivity contribution in [1.82, 2.24) is 0 Å². The molecule has 0 unspecified atom stereocenters. The quantitative estimate of drug-likeness (QED) is 0.0879. The Morgan fingerprint density at radius 3 is 1.25 bits per heavy atom. The second-order valence-corrected chi connectivity index (χ2v) is 9.45. The average molecular weight is 539 g/mol. The molecule has 6 aromatic carbocycles. The molecule has 6 aromatic rings. The van der Waals surface area contributed by atoms with E-state index in [-0.39, 0.29) is 5.56 Å². The van der Waals surface area contributed by atoms with Crippen molar-refractivity contribution >= 4 is 48.2 Å². The van der Waals surface area contributed by atoms with Gasteiger partial charge >= 0.3 is 0 Å². The standard InChI is InChI=1S/C30H19BrO5/c31-22-14-13-21(15-7-1-2-8-16(15)22)23-17-9-3-5-11-19(17)24(20-12-6-4-10-18(20)23)25-26(32)28(34)30(36)29(35)27(25)33/h1-14,32-36H. The van der Waals surface area contributed by atoms with Crippen LogP contribution in [0.4, 0.5) is 0 Å². The van der Waals surface area contributed by atoms with Gasteiger partial charge in [0.1, 0.15) is 0 Å². The lowest BCUT2D eigenvalue weighted by Gasteiger charge is -2.20. The molecule has 0 heterocycles. The van der Waals surface area contributed by atoms with Crippen LogP contribution in [0.15, 0.2) is 89.4 Å². The Morgan fingerprint density at radius 1 is 0.361 bits per heavy atom. The molecule has 0 aliphatic rings. The molecule has 0 bridgehead atoms. The second kappa shape index (κ2) is 8.07. The summed E-state index contributed by atoms with van der Waals surface area (Å²) in [5.41, 5.74) is 2.24. The van der Waals surface area contributed by atoms with Gasteiger partial charge < -0.3 is 25.5 Å². The number of benzene rings is 6. The molecule has 0 aliphatic carbocycles. The third-order valence-corrected chi connectivity index (χ3v) is 7.38. The minimum absolute atomic E-state index is 0.164. The van der Waals surface area contributed by atoms with Gasteiger partial charge in [-0.2, -0.15) is 0 Å². The summed E-state index contributed by atoms with van der Waals surface area (Å²) in [6, 6.07) is 27.4. The highest BCUT2D eigenvalue weighted by Gasteiger charge is 2.28. The summed E-state index contributed by atoms with van der Waals surface area (Å²) in [6.45, 7) is 0. The van der Waals surface area contributed by atoms with Gasteiger partial charge in [0.25, 0.3) is 0 Å². The number of phenolic OH excluding ortho intramolecular Hbond substituents is 5. The van der Waals surface area contributed by atoms with E-state index in [1.165, 1.54) is 0 Å². The molecule has 0 saturated carbocycles. The predicted octanol–water partition coefficient (Wildman–Crippen LogP) is 7.77. The highest BCUT2D eigenvalue weighted by molar-refractivity contribution is 9.10. The van der Waals surface area contributed by atoms with Gasteiger partial charge in [0.05, 0.1) is 5.56 Å². The largest absolute Gasteiger partial charge is 0.504 e. The van der Waals surface area contributed by atoms with Crippen molar-refractivity contribution in [2.45, 2.75) is 0 Å². The zero-order chi connectivity index (χ0) is 25.1. The van der Waals surface area contributed by atoms with Crippen LogP contribution in [0.1, 0.15) is 0 Å². The topological polar surface area (TPSA) is 101 Å². The SMILES string of the molecule is Oc1c(O)c(O)c(-c2c3ccccc3c(-c3ccc(Br)c4ccccc34)c3ccccc23)c(O)c1O. The summed E-state index contributed by atoms with van der Waals surface area (Å²) in [7, 11) is 0. The minimum atomic E-state index is -0.986. The number of phenols is 5. The summed E-state index contributed by atoms with van der Waals surface area (Å²) in [5, 5.41) is 57.4. The Labute approximate surface area is 213 Å². The fourth-order valence-electron chi connectivity index (χ4n) is 5.09. The number of halogens is 1. The molecule has 0 amide bonds. The molecular weight excluding hydrogens is 520 g/mol. The third-order valence-electron chi connectivity index (χ3n) is 6.69. The van der Waals surface area contributed by atoms with Crippen LogP contribution < -0.4 is 0 Å². The van der Waals surface area contributed by atoms with Crippen molar-refractivity contribution in [3.05, 3.63) is 89.4 Å². The summed E-state index contributed by atoms with van der Waals surface area (Å²) in [6.07, 6.45) is 0. The fraction of sp³-hybridized carbons (Fsp3) is 0. The Hall–Kier alpha value is -4.42. The van der Waals surface area contributed by atoms with Gasteiger partial charge in [0, 0.05) is 10.0 Å². The third kappa shape index (κ3) is 3.01. The van der Waals surface area contributed by atoms with Gasteiger partial charge in [0.2, 0.25) is 17.2 Å². The van der Waals surface area contributed by atoms with Crippen molar-refractivity contribution in [1.29, 1.82) is 0 Å². The van der Waals surface area contributed by atoms with E-state index < -0.39 is 28.7 Å². The Kier molecular flexibility index (Phi) is 4.95. The van der Waals surface area contributed by atoms with E-state index >= 15 is 0 Å². The molecule has 0 fully saturated rings. The Morgan fingerprint density at radius 2 is 0.750 bits per heavy atom. The Bertz CT molecular complexity index is 1770. The highest BCUT2D eigenvalue weighted by Crippen LogP contribution is 2.57. The van der Waals surface area contributed by atoms with Crippen LogP contribution in [0.2, 0.25) is 0 Å². The van der Waals surface area contributed by atoms with Crippen molar-refractivity contribution in [3.8, 4) is 51.0 Å². The zero-order valence-corrected chi connectivity index (χ0v) is 20.3. The molecule has 5 nitrogen and oxygen atoms in total. The molecule has 5 N–H and O–H groups in total. The number of hydrogen-bond donors (Lipinski definition) is 5. The van der Waals surface area contributed by atoms with Crippen LogP contribution in [0, 0.1) is 0 Å². The van der Waals surface area contributed by atoms with Crippen molar-refractivity contribution in [3.63, 3.8) is 0 Å². The number of hydrogen-bond acceptors (Lipinski definition) is 5. The first-order valence-electron chi connectivity index (χ1n) is 11.2. The average Bonchev–Trinajstić information content (AvgIpc) is 2.91. The van der Waals surface area contributed by atoms with Crippen LogP contribution >= 0.6 is 15.9 Å². The van der Waals surface area contributed by atoms with Crippen LogP contribution in [0.5, 0.6) is 28.7 Å². The number of rotatable bonds is 2. The lowest BCUT2D eigenvalue weighted by Crippen LogP contribution is -1.93. The van der Waals surface area contributed by atoms with E-state index in [1.807, 2.05) is 66.7 Å². The molecule has 6 rings (SSSR count). The van der Waals surface area contributed by atoms with Gasteiger partial charge in [-0.15, -0.1) is 0 Å². The molecule has 0 radical (unpaired) electrons. The fourth-order valence-corrected chi connectivity index (χ4v) is 5.57. The zero-order valence-electron chi connectivity index (χ0n) is 18.7. The molecule has 6 heteroatoms. The van der Waals surface area contributed by atoms with Gasteiger partial charge in [-0.05, 0) is 49.5 Å². The van der Waals surface area contributed by atoms with Crippen molar-refractivity contribution in [2.75, 3.05) is 0 Å². The van der Waals surface area contributed by atoms with Gasteiger partial charge in [-0.3, -0.25) is 0 Å². The normalized spacial score (nSPS) is 11.5. The lowest BCUT2D eigenvalue weighted by atomic mass is 9.84. The molecular formula is C30H19BrO5. The summed E-state index contributed by atoms with van der Waals surface area (Å²) in [4.78, 5) is 0. The van der Waals surface area contributed by atoms with Crippen LogP contribution in [0.25, 0.3) is 54.6 Å². The first-order chi connectivity index (χ1) is 17.4. The number of fused-ring (bicyclic) bond motifs is 3. The summed E-state index contributed by atoms with van der Waals surface area (Å²) >= 11 is 3.66. The van der Waals surface area contributed by atoms with E-state index in [0.717, 1.165) is 37.1 Å². The summed E-state index contributed by atoms with van der Waals surface area (Å²) in [5.74, 6) is -4.24. The van der Waals surface area contributed by atoms with Crippen molar-refractivity contribution in [2.24, 2.45) is 0 Å². The van der Waals surface area contributed by atoms with Crippen LogP contribution in [0.3, 0.4) is 0 Å². The Balaban J connectivity index is 1.86. The number of aromatic hydroxyl groups is 5. The molecule has 0 aliphatic heterocycles. The monoisotopic (exact) mass is 538 g/mol. The first kappa shape index (κ1) is 22.1. The molecule has 176 valence electrons. The predicted molar refractivity (Wildman–Crippen MR) is 146 cm³/mol. The smallest absolute Gasteiger partial charge is 0.208 e. The van der Waals surface area contributed by atoms with Gasteiger partial charge in [0.15, 0.2) is 11.5 Å². The molecule has 36 heavy (non-hydrogen) atoms. The van der Waals surface area contributed by atoms with E-state index in [9.17, 15) is 25.5 Å². The maximum Gasteiger partial charge on any atom is 0.208 e. The van der Waals surface area contributed by atoms with Gasteiger partial charge in [-0.1, -0.05) is 94.8 Å². The van der Waals surface area contributed by atoms with E-state index in [1.54, 1.807) is 0 Å². The highest BCUT2D eigenvalue weighted by atomic mass is 79.9.